The van der Waals surface area contributed by atoms with Gasteiger partial charge in [-0.05, 0) is 37.3 Å². The van der Waals surface area contributed by atoms with E-state index < -0.39 is 11.9 Å². The van der Waals surface area contributed by atoms with Gasteiger partial charge in [0.2, 0.25) is 5.76 Å². The molecule has 2 aromatic carbocycles. The molecular formula is C23H17ClN2O6. The van der Waals surface area contributed by atoms with Crippen molar-refractivity contribution in [3.8, 4) is 11.5 Å². The summed E-state index contributed by atoms with van der Waals surface area (Å²) in [6.45, 7) is 1.72. The van der Waals surface area contributed by atoms with Crippen molar-refractivity contribution in [2.75, 3.05) is 19.1 Å². The number of amides is 1. The van der Waals surface area contributed by atoms with Crippen molar-refractivity contribution in [2.24, 2.45) is 0 Å². The molecule has 0 bridgehead atoms. The molecule has 8 nitrogen and oxygen atoms in total. The molecule has 2 aromatic heterocycles. The number of fused-ring (bicyclic) bond motifs is 2. The highest BCUT2D eigenvalue weighted by atomic mass is 35.5. The van der Waals surface area contributed by atoms with Gasteiger partial charge in [0.05, 0.1) is 25.2 Å². The summed E-state index contributed by atoms with van der Waals surface area (Å²) in [7, 11) is 3.04. The van der Waals surface area contributed by atoms with Gasteiger partial charge in [-0.1, -0.05) is 16.8 Å². The Morgan fingerprint density at radius 3 is 2.56 bits per heavy atom. The number of carbonyl (C=O) groups is 1. The first-order valence-electron chi connectivity index (χ1n) is 9.68. The Bertz CT molecular complexity index is 1440. The zero-order valence-electron chi connectivity index (χ0n) is 17.3. The van der Waals surface area contributed by atoms with Crippen LogP contribution in [0.3, 0.4) is 0 Å². The number of ether oxygens (including phenoxy) is 2. The Kier molecular flexibility index (Phi) is 4.67. The molecule has 9 heteroatoms. The minimum atomic E-state index is -0.859. The molecule has 0 radical (unpaired) electrons. The molecule has 5 rings (SSSR count). The number of aryl methyl sites for hydroxylation is 1. The van der Waals surface area contributed by atoms with Gasteiger partial charge in [-0.15, -0.1) is 0 Å². The number of hydrogen-bond acceptors (Lipinski definition) is 7. The number of halogens is 1. The van der Waals surface area contributed by atoms with Gasteiger partial charge < -0.3 is 18.4 Å². The third-order valence-corrected chi connectivity index (χ3v) is 5.66. The second kappa shape index (κ2) is 7.42. The number of nitrogens with zero attached hydrogens (tertiary/aromatic N) is 2. The molecule has 0 N–H and O–H groups in total. The lowest BCUT2D eigenvalue weighted by atomic mass is 9.97. The lowest BCUT2D eigenvalue weighted by molar-refractivity contribution is 0.0969. The van der Waals surface area contributed by atoms with Crippen LogP contribution < -0.4 is 19.8 Å². The summed E-state index contributed by atoms with van der Waals surface area (Å²) >= 11 is 6.12. The smallest absolute Gasteiger partial charge is 0.296 e. The van der Waals surface area contributed by atoms with Crippen molar-refractivity contribution in [3.05, 3.63) is 80.4 Å². The van der Waals surface area contributed by atoms with Gasteiger partial charge in [-0.25, -0.2) is 0 Å². The summed E-state index contributed by atoms with van der Waals surface area (Å²) < 4.78 is 22.0. The Morgan fingerprint density at radius 1 is 1.06 bits per heavy atom. The fourth-order valence-corrected chi connectivity index (χ4v) is 4.16. The molecule has 1 atom stereocenters. The van der Waals surface area contributed by atoms with Crippen LogP contribution in [-0.2, 0) is 0 Å². The van der Waals surface area contributed by atoms with E-state index in [4.69, 9.17) is 30.0 Å². The molecule has 32 heavy (non-hydrogen) atoms. The van der Waals surface area contributed by atoms with Crippen molar-refractivity contribution < 1.29 is 23.2 Å². The molecule has 1 aliphatic heterocycles. The van der Waals surface area contributed by atoms with E-state index in [0.717, 1.165) is 0 Å². The molecule has 1 aliphatic rings. The summed E-state index contributed by atoms with van der Waals surface area (Å²) in [6.07, 6.45) is 0. The SMILES string of the molecule is COc1ccc([C@H]2c3c(oc4ccc(Cl)cc4c3=O)C(=O)N2c2cc(C)on2)c(OC)c1. The molecule has 0 aliphatic carbocycles. The maximum Gasteiger partial charge on any atom is 0.296 e. The first-order chi connectivity index (χ1) is 15.4. The summed E-state index contributed by atoms with van der Waals surface area (Å²) in [5.74, 6) is 1.20. The van der Waals surface area contributed by atoms with Crippen LogP contribution in [0.25, 0.3) is 11.0 Å². The lowest BCUT2D eigenvalue weighted by Crippen LogP contribution is -2.30. The van der Waals surface area contributed by atoms with Crippen LogP contribution in [0.1, 0.15) is 33.5 Å². The monoisotopic (exact) mass is 452 g/mol. The molecular weight excluding hydrogens is 436 g/mol. The third-order valence-electron chi connectivity index (χ3n) is 5.43. The van der Waals surface area contributed by atoms with Gasteiger partial charge in [-0.3, -0.25) is 14.5 Å². The van der Waals surface area contributed by atoms with Crippen molar-refractivity contribution >= 4 is 34.3 Å². The Balaban J connectivity index is 1.84. The molecule has 0 saturated carbocycles. The molecule has 162 valence electrons. The maximum absolute atomic E-state index is 13.6. The molecule has 0 spiro atoms. The topological polar surface area (TPSA) is 95.0 Å². The van der Waals surface area contributed by atoms with E-state index in [1.54, 1.807) is 43.3 Å². The van der Waals surface area contributed by atoms with Crippen LogP contribution in [-0.4, -0.2) is 25.3 Å². The highest BCUT2D eigenvalue weighted by molar-refractivity contribution is 6.31. The maximum atomic E-state index is 13.6. The van der Waals surface area contributed by atoms with Gasteiger partial charge in [0.15, 0.2) is 11.2 Å². The van der Waals surface area contributed by atoms with Gasteiger partial charge in [0.25, 0.3) is 5.91 Å². The molecule has 0 saturated heterocycles. The first-order valence-corrected chi connectivity index (χ1v) is 10.1. The van der Waals surface area contributed by atoms with Gasteiger partial charge in [0, 0.05) is 22.7 Å². The fraction of sp³-hybridized carbons (Fsp3) is 0.174. The fourth-order valence-electron chi connectivity index (χ4n) is 3.99. The van der Waals surface area contributed by atoms with Crippen LogP contribution in [0, 0.1) is 6.92 Å². The molecule has 1 amide bonds. The van der Waals surface area contributed by atoms with Crippen molar-refractivity contribution in [2.45, 2.75) is 13.0 Å². The van der Waals surface area contributed by atoms with Crippen LogP contribution in [0.5, 0.6) is 11.5 Å². The van der Waals surface area contributed by atoms with Gasteiger partial charge in [-0.2, -0.15) is 0 Å². The first kappa shape index (κ1) is 20.1. The lowest BCUT2D eigenvalue weighted by Gasteiger charge is -2.24. The number of hydrogen-bond donors (Lipinski definition) is 0. The summed E-state index contributed by atoms with van der Waals surface area (Å²) in [5, 5.41) is 4.67. The predicted octanol–water partition coefficient (Wildman–Crippen LogP) is 4.51. The van der Waals surface area contributed by atoms with E-state index in [-0.39, 0.29) is 33.5 Å². The van der Waals surface area contributed by atoms with Crippen LogP contribution in [0.15, 0.2) is 56.2 Å². The molecule has 0 unspecified atom stereocenters. The number of anilines is 1. The molecule has 0 fully saturated rings. The van der Waals surface area contributed by atoms with Gasteiger partial charge in [0.1, 0.15) is 28.9 Å². The number of rotatable bonds is 4. The second-order valence-electron chi connectivity index (χ2n) is 7.30. The van der Waals surface area contributed by atoms with Crippen LogP contribution in [0.4, 0.5) is 5.82 Å². The number of methoxy groups -OCH3 is 2. The van der Waals surface area contributed by atoms with E-state index in [0.29, 0.717) is 27.8 Å². The predicted molar refractivity (Wildman–Crippen MR) is 117 cm³/mol. The number of aromatic nitrogens is 1. The standard InChI is InChI=1S/C23H17ClN2O6/c1-11-8-18(25-32-11)26-20(14-6-5-13(29-2)10-17(14)30-3)19-21(27)15-9-12(24)4-7-16(15)31-22(19)23(26)28/h4-10,20H,1-3H3/t20-/m0/s1. The Labute approximate surface area is 186 Å². The summed E-state index contributed by atoms with van der Waals surface area (Å²) in [5.41, 5.74) is 0.649. The van der Waals surface area contributed by atoms with Crippen LogP contribution in [0.2, 0.25) is 5.02 Å². The van der Waals surface area contributed by atoms with E-state index in [9.17, 15) is 9.59 Å². The zero-order chi connectivity index (χ0) is 22.6. The average Bonchev–Trinajstić information content (AvgIpc) is 3.34. The van der Waals surface area contributed by atoms with Crippen molar-refractivity contribution in [1.29, 1.82) is 0 Å². The third kappa shape index (κ3) is 2.95. The van der Waals surface area contributed by atoms with E-state index in [1.165, 1.54) is 25.2 Å². The van der Waals surface area contributed by atoms with Crippen LogP contribution >= 0.6 is 11.6 Å². The minimum absolute atomic E-state index is 0.0617. The average molecular weight is 453 g/mol. The van der Waals surface area contributed by atoms with Gasteiger partial charge >= 0.3 is 0 Å². The van der Waals surface area contributed by atoms with Crippen molar-refractivity contribution in [1.82, 2.24) is 5.16 Å². The number of carbonyl (C=O) groups excluding carboxylic acids is 1. The summed E-state index contributed by atoms with van der Waals surface area (Å²) in [4.78, 5) is 28.5. The largest absolute Gasteiger partial charge is 0.497 e. The van der Waals surface area contributed by atoms with E-state index >= 15 is 0 Å². The zero-order valence-corrected chi connectivity index (χ0v) is 18.1. The number of benzene rings is 2. The molecule has 3 heterocycles. The van der Waals surface area contributed by atoms with E-state index in [2.05, 4.69) is 5.16 Å². The highest BCUT2D eigenvalue weighted by Crippen LogP contribution is 2.44. The normalized spacial score (nSPS) is 15.3. The molecule has 4 aromatic rings. The van der Waals surface area contributed by atoms with Crippen molar-refractivity contribution in [3.63, 3.8) is 0 Å². The highest BCUT2D eigenvalue weighted by Gasteiger charge is 2.46. The Hall–Kier alpha value is -3.78. The minimum Gasteiger partial charge on any atom is -0.497 e. The van der Waals surface area contributed by atoms with E-state index in [1.807, 2.05) is 0 Å². The quantitative estimate of drug-likeness (QED) is 0.449. The second-order valence-corrected chi connectivity index (χ2v) is 7.73. The Morgan fingerprint density at radius 2 is 1.88 bits per heavy atom. The summed E-state index contributed by atoms with van der Waals surface area (Å²) in [6, 6.07) is 10.6.